The van der Waals surface area contributed by atoms with Crippen molar-refractivity contribution in [2.75, 3.05) is 36.5 Å². The first kappa shape index (κ1) is 25.4. The second-order valence-corrected chi connectivity index (χ2v) is 9.40. The molecule has 1 aliphatic rings. The first-order chi connectivity index (χ1) is 17.1. The minimum Gasteiger partial charge on any atom is -0.472 e. The number of ether oxygens (including phenoxy) is 2. The Hall–Kier alpha value is -3.66. The van der Waals surface area contributed by atoms with Crippen LogP contribution in [-0.4, -0.2) is 58.5 Å². The van der Waals surface area contributed by atoms with Crippen molar-refractivity contribution in [3.8, 4) is 17.1 Å². The minimum atomic E-state index is -1.66. The van der Waals surface area contributed by atoms with Gasteiger partial charge in [-0.1, -0.05) is 0 Å². The number of rotatable bonds is 7. The predicted octanol–water partition coefficient (Wildman–Crippen LogP) is 4.32. The van der Waals surface area contributed by atoms with Crippen LogP contribution in [0.3, 0.4) is 0 Å². The van der Waals surface area contributed by atoms with Crippen molar-refractivity contribution in [2.24, 2.45) is 0 Å². The highest BCUT2D eigenvalue weighted by atomic mass is 19.1. The summed E-state index contributed by atoms with van der Waals surface area (Å²) in [6.45, 7) is 11.2. The number of nitrogens with one attached hydrogen (secondary N) is 1. The Morgan fingerprint density at radius 1 is 1.17 bits per heavy atom. The third-order valence-electron chi connectivity index (χ3n) is 5.69. The van der Waals surface area contributed by atoms with Crippen LogP contribution in [0.15, 0.2) is 36.7 Å². The van der Waals surface area contributed by atoms with Crippen molar-refractivity contribution < 1.29 is 18.7 Å². The van der Waals surface area contributed by atoms with Gasteiger partial charge in [0, 0.05) is 36.1 Å². The largest absolute Gasteiger partial charge is 0.472 e. The number of morpholine rings is 1. The van der Waals surface area contributed by atoms with Gasteiger partial charge in [-0.05, 0) is 58.9 Å². The van der Waals surface area contributed by atoms with E-state index in [0.717, 1.165) is 30.0 Å². The summed E-state index contributed by atoms with van der Waals surface area (Å²) in [6, 6.07) is 6.73. The molecule has 4 heterocycles. The number of hydrogen-bond donors (Lipinski definition) is 1. The fraction of sp³-hybridized carbons (Fsp3) is 0.423. The van der Waals surface area contributed by atoms with Crippen LogP contribution in [0.2, 0.25) is 0 Å². The number of nitrogens with zero attached hydrogens (tertiary/aromatic N) is 5. The number of alkyl halides is 1. The lowest BCUT2D eigenvalue weighted by atomic mass is 10.0. The summed E-state index contributed by atoms with van der Waals surface area (Å²) < 4.78 is 25.7. The van der Waals surface area contributed by atoms with Gasteiger partial charge in [0.25, 0.3) is 11.8 Å². The number of hydrogen-bond acceptors (Lipinski definition) is 8. The van der Waals surface area contributed by atoms with Crippen LogP contribution in [0, 0.1) is 6.92 Å². The zero-order valence-corrected chi connectivity index (χ0v) is 21.2. The van der Waals surface area contributed by atoms with Crippen molar-refractivity contribution in [3.63, 3.8) is 0 Å². The number of aromatic nitrogens is 4. The normalized spacial score (nSPS) is 14.1. The van der Waals surface area contributed by atoms with Crippen molar-refractivity contribution >= 4 is 17.3 Å². The summed E-state index contributed by atoms with van der Waals surface area (Å²) >= 11 is 0. The van der Waals surface area contributed by atoms with Crippen molar-refractivity contribution in [2.45, 2.75) is 46.4 Å². The maximum atomic E-state index is 14.3. The van der Waals surface area contributed by atoms with Gasteiger partial charge >= 0.3 is 0 Å². The standard InChI is InChI=1S/C26H31FN6O3/c1-16(2)36-25-22(33-8-10-35-11-9-33)14-21(31-32-25)20-13-19(15-29-17(20)3)30-24(34)18-6-7-28-23(12-18)26(4,5)27/h6-7,12-16H,8-11H2,1-5H3,(H,30,34). The quantitative estimate of drug-likeness (QED) is 0.518. The Morgan fingerprint density at radius 3 is 2.61 bits per heavy atom. The lowest BCUT2D eigenvalue weighted by Crippen LogP contribution is -2.36. The molecule has 1 amide bonds. The van der Waals surface area contributed by atoms with Gasteiger partial charge in [0.1, 0.15) is 11.4 Å². The zero-order valence-electron chi connectivity index (χ0n) is 21.2. The van der Waals surface area contributed by atoms with Gasteiger partial charge in [0.15, 0.2) is 0 Å². The number of pyridine rings is 2. The van der Waals surface area contributed by atoms with Crippen molar-refractivity contribution in [3.05, 3.63) is 53.6 Å². The number of aryl methyl sites for hydroxylation is 1. The highest BCUT2D eigenvalue weighted by Crippen LogP contribution is 2.33. The summed E-state index contributed by atoms with van der Waals surface area (Å²) in [7, 11) is 0. The van der Waals surface area contributed by atoms with E-state index in [-0.39, 0.29) is 17.7 Å². The SMILES string of the molecule is Cc1ncc(NC(=O)c2ccnc(C(C)(C)F)c2)cc1-c1cc(N2CCOCC2)c(OC(C)C)nn1. The Labute approximate surface area is 210 Å². The van der Waals surface area contributed by atoms with Crippen LogP contribution in [0.1, 0.15) is 49.4 Å². The number of carbonyl (C=O) groups is 1. The summed E-state index contributed by atoms with van der Waals surface area (Å²) in [5.41, 5.74) is 2.23. The van der Waals surface area contributed by atoms with Crippen LogP contribution in [-0.2, 0) is 10.4 Å². The number of anilines is 2. The summed E-state index contributed by atoms with van der Waals surface area (Å²) in [5, 5.41) is 11.6. The van der Waals surface area contributed by atoms with Gasteiger partial charge in [-0.15, -0.1) is 10.2 Å². The molecule has 9 nitrogen and oxygen atoms in total. The van der Waals surface area contributed by atoms with Gasteiger partial charge in [0.05, 0.1) is 42.6 Å². The Morgan fingerprint density at radius 2 is 1.92 bits per heavy atom. The molecule has 0 aliphatic carbocycles. The molecule has 0 unspecified atom stereocenters. The molecule has 3 aromatic heterocycles. The third-order valence-corrected chi connectivity index (χ3v) is 5.69. The van der Waals surface area contributed by atoms with E-state index in [0.29, 0.717) is 36.0 Å². The fourth-order valence-electron chi connectivity index (χ4n) is 3.80. The van der Waals surface area contributed by atoms with E-state index in [4.69, 9.17) is 9.47 Å². The molecule has 3 aromatic rings. The summed E-state index contributed by atoms with van der Waals surface area (Å²) in [4.78, 5) is 23.5. The third kappa shape index (κ3) is 5.93. The molecule has 0 spiro atoms. The van der Waals surface area contributed by atoms with Crippen LogP contribution in [0.4, 0.5) is 15.8 Å². The maximum Gasteiger partial charge on any atom is 0.257 e. The molecule has 1 saturated heterocycles. The zero-order chi connectivity index (χ0) is 25.9. The number of amides is 1. The van der Waals surface area contributed by atoms with Crippen LogP contribution in [0.5, 0.6) is 5.88 Å². The van der Waals surface area contributed by atoms with E-state index in [1.165, 1.54) is 26.1 Å². The van der Waals surface area contributed by atoms with Crippen LogP contribution in [0.25, 0.3) is 11.3 Å². The van der Waals surface area contributed by atoms with Gasteiger partial charge in [-0.2, -0.15) is 0 Å². The van der Waals surface area contributed by atoms with Crippen molar-refractivity contribution in [1.82, 2.24) is 20.2 Å². The summed E-state index contributed by atoms with van der Waals surface area (Å²) in [6.07, 6.45) is 2.95. The van der Waals surface area contributed by atoms with E-state index >= 15 is 0 Å². The molecule has 0 aromatic carbocycles. The molecule has 1 fully saturated rings. The van der Waals surface area contributed by atoms with E-state index in [1.54, 1.807) is 18.3 Å². The Kier molecular flexibility index (Phi) is 7.44. The molecule has 0 bridgehead atoms. The molecule has 1 N–H and O–H groups in total. The Balaban J connectivity index is 1.64. The Bertz CT molecular complexity index is 1240. The van der Waals surface area contributed by atoms with E-state index in [1.807, 2.05) is 26.8 Å². The fourth-order valence-corrected chi connectivity index (χ4v) is 3.80. The molecule has 0 saturated carbocycles. The molecule has 0 atom stereocenters. The number of carbonyl (C=O) groups excluding carboxylic acids is 1. The lowest BCUT2D eigenvalue weighted by Gasteiger charge is -2.30. The number of halogens is 1. The van der Waals surface area contributed by atoms with E-state index < -0.39 is 5.67 Å². The first-order valence-corrected chi connectivity index (χ1v) is 11.9. The summed E-state index contributed by atoms with van der Waals surface area (Å²) in [5.74, 6) is 0.0790. The van der Waals surface area contributed by atoms with Crippen molar-refractivity contribution in [1.29, 1.82) is 0 Å². The highest BCUT2D eigenvalue weighted by Gasteiger charge is 2.23. The molecule has 4 rings (SSSR count). The van der Waals surface area contributed by atoms with Crippen LogP contribution < -0.4 is 15.0 Å². The molecular weight excluding hydrogens is 463 g/mol. The average molecular weight is 495 g/mol. The van der Waals surface area contributed by atoms with Gasteiger partial charge < -0.3 is 19.7 Å². The average Bonchev–Trinajstić information content (AvgIpc) is 2.85. The second kappa shape index (κ2) is 10.5. The maximum absolute atomic E-state index is 14.3. The van der Waals surface area contributed by atoms with E-state index in [9.17, 15) is 9.18 Å². The minimum absolute atomic E-state index is 0.0523. The topological polar surface area (TPSA) is 102 Å². The molecule has 0 radical (unpaired) electrons. The highest BCUT2D eigenvalue weighted by molar-refractivity contribution is 6.04. The smallest absolute Gasteiger partial charge is 0.257 e. The predicted molar refractivity (Wildman–Crippen MR) is 135 cm³/mol. The van der Waals surface area contributed by atoms with Gasteiger partial charge in [0.2, 0.25) is 0 Å². The lowest BCUT2D eigenvalue weighted by molar-refractivity contribution is 0.102. The second-order valence-electron chi connectivity index (χ2n) is 9.40. The molecule has 1 aliphatic heterocycles. The van der Waals surface area contributed by atoms with Crippen LogP contribution >= 0.6 is 0 Å². The first-order valence-electron chi connectivity index (χ1n) is 11.9. The van der Waals surface area contributed by atoms with E-state index in [2.05, 4.69) is 30.4 Å². The molecular formula is C26H31FN6O3. The monoisotopic (exact) mass is 494 g/mol. The molecule has 36 heavy (non-hydrogen) atoms. The van der Waals surface area contributed by atoms with Gasteiger partial charge in [-0.3, -0.25) is 14.8 Å². The molecule has 190 valence electrons. The molecule has 10 heteroatoms. The van der Waals surface area contributed by atoms with Gasteiger partial charge in [-0.25, -0.2) is 4.39 Å².